The van der Waals surface area contributed by atoms with Crippen LogP contribution in [0.4, 0.5) is 18.9 Å². The number of nitrogens with zero attached hydrogens (tertiary/aromatic N) is 3. The van der Waals surface area contributed by atoms with Gasteiger partial charge in [0.15, 0.2) is 11.0 Å². The molecule has 0 bridgehead atoms. The highest BCUT2D eigenvalue weighted by Crippen LogP contribution is 2.38. The molecule has 170 valence electrons. The first kappa shape index (κ1) is 23.1. The molecule has 0 aliphatic carbocycles. The molecule has 5 nitrogen and oxygen atoms in total. The van der Waals surface area contributed by atoms with Crippen LogP contribution in [-0.4, -0.2) is 26.4 Å². The van der Waals surface area contributed by atoms with Gasteiger partial charge in [0.2, 0.25) is 5.91 Å². The Morgan fingerprint density at radius 1 is 1.12 bits per heavy atom. The Morgan fingerprint density at radius 2 is 1.88 bits per heavy atom. The number of carbonyl (C=O) groups excluding carboxylic acids is 1. The molecule has 1 N–H and O–H groups in total. The molecule has 0 unspecified atom stereocenters. The van der Waals surface area contributed by atoms with E-state index in [9.17, 15) is 18.0 Å². The second-order valence-corrected chi connectivity index (χ2v) is 9.25. The molecule has 4 rings (SSSR count). The summed E-state index contributed by atoms with van der Waals surface area (Å²) in [6.07, 6.45) is -4.47. The molecule has 0 atom stereocenters. The van der Waals surface area contributed by atoms with Gasteiger partial charge in [-0.1, -0.05) is 48.2 Å². The van der Waals surface area contributed by atoms with Crippen LogP contribution in [-0.2, 0) is 18.0 Å². The fraction of sp³-hybridized carbons (Fsp3) is 0.174. The smallest absolute Gasteiger partial charge is 0.325 e. The predicted octanol–water partition coefficient (Wildman–Crippen LogP) is 6.27. The van der Waals surface area contributed by atoms with Gasteiger partial charge in [-0.15, -0.1) is 21.5 Å². The number of aryl methyl sites for hydroxylation is 1. The van der Waals surface area contributed by atoms with Crippen molar-refractivity contribution in [2.45, 2.75) is 18.3 Å². The number of amides is 1. The third-order valence-corrected chi connectivity index (χ3v) is 6.85. The molecule has 0 aliphatic rings. The van der Waals surface area contributed by atoms with Crippen molar-refractivity contribution in [1.82, 2.24) is 14.8 Å². The first-order valence-corrected chi connectivity index (χ1v) is 11.7. The van der Waals surface area contributed by atoms with Gasteiger partial charge in [-0.3, -0.25) is 4.79 Å². The minimum Gasteiger partial charge on any atom is -0.325 e. The summed E-state index contributed by atoms with van der Waals surface area (Å²) in [7, 11) is 1.82. The second-order valence-electron chi connectivity index (χ2n) is 7.23. The van der Waals surface area contributed by atoms with Gasteiger partial charge in [0.05, 0.1) is 11.3 Å². The third-order valence-electron chi connectivity index (χ3n) is 4.92. The topological polar surface area (TPSA) is 59.8 Å². The number of hydrogen-bond donors (Lipinski definition) is 1. The normalized spacial score (nSPS) is 11.5. The number of thioether (sulfide) groups is 1. The van der Waals surface area contributed by atoms with Crippen molar-refractivity contribution in [2.24, 2.45) is 7.05 Å². The number of benzene rings is 2. The Kier molecular flexibility index (Phi) is 6.57. The van der Waals surface area contributed by atoms with E-state index in [4.69, 9.17) is 0 Å². The van der Waals surface area contributed by atoms with Crippen molar-refractivity contribution in [2.75, 3.05) is 11.1 Å². The van der Waals surface area contributed by atoms with Crippen molar-refractivity contribution in [3.05, 3.63) is 70.4 Å². The summed E-state index contributed by atoms with van der Waals surface area (Å²) in [5.74, 6) is 0.232. The van der Waals surface area contributed by atoms with E-state index >= 15 is 0 Å². The predicted molar refractivity (Wildman–Crippen MR) is 125 cm³/mol. The van der Waals surface area contributed by atoms with Crippen molar-refractivity contribution >= 4 is 34.7 Å². The van der Waals surface area contributed by atoms with Crippen LogP contribution in [0.15, 0.2) is 65.1 Å². The van der Waals surface area contributed by atoms with Crippen LogP contribution in [0.5, 0.6) is 0 Å². The lowest BCUT2D eigenvalue weighted by Crippen LogP contribution is -2.15. The van der Waals surface area contributed by atoms with Crippen molar-refractivity contribution < 1.29 is 18.0 Å². The molecule has 0 spiro atoms. The van der Waals surface area contributed by atoms with E-state index in [1.165, 1.54) is 23.9 Å². The summed E-state index contributed by atoms with van der Waals surface area (Å²) < 4.78 is 40.4. The highest BCUT2D eigenvalue weighted by molar-refractivity contribution is 7.99. The number of carbonyl (C=O) groups is 1. The largest absolute Gasteiger partial charge is 0.416 e. The van der Waals surface area contributed by atoms with Crippen LogP contribution < -0.4 is 5.32 Å². The second kappa shape index (κ2) is 9.40. The highest BCUT2D eigenvalue weighted by atomic mass is 32.2. The molecule has 0 saturated heterocycles. The lowest BCUT2D eigenvalue weighted by Gasteiger charge is -2.10. The van der Waals surface area contributed by atoms with Gasteiger partial charge in [0.25, 0.3) is 0 Å². The Hall–Kier alpha value is -3.11. The molecule has 2 heterocycles. The van der Waals surface area contributed by atoms with Gasteiger partial charge < -0.3 is 9.88 Å². The molecule has 4 aromatic rings. The van der Waals surface area contributed by atoms with Gasteiger partial charge in [-0.2, -0.15) is 13.2 Å². The molecule has 1 amide bonds. The number of nitrogens with one attached hydrogen (secondary N) is 1. The van der Waals surface area contributed by atoms with E-state index in [-0.39, 0.29) is 11.4 Å². The maximum absolute atomic E-state index is 12.9. The average Bonchev–Trinajstić information content (AvgIpc) is 3.34. The minimum absolute atomic E-state index is 0.0174. The van der Waals surface area contributed by atoms with Crippen molar-refractivity contribution in [1.29, 1.82) is 0 Å². The van der Waals surface area contributed by atoms with Crippen LogP contribution >= 0.6 is 23.1 Å². The van der Waals surface area contributed by atoms with Crippen LogP contribution in [0, 0.1) is 6.92 Å². The van der Waals surface area contributed by atoms with Crippen LogP contribution in [0.3, 0.4) is 0 Å². The lowest BCUT2D eigenvalue weighted by molar-refractivity contribution is -0.137. The Bertz CT molecular complexity index is 1280. The third kappa shape index (κ3) is 5.12. The number of alkyl halides is 3. The zero-order valence-corrected chi connectivity index (χ0v) is 19.3. The zero-order chi connectivity index (χ0) is 23.6. The summed E-state index contributed by atoms with van der Waals surface area (Å²) in [4.78, 5) is 13.5. The molecular weight excluding hydrogens is 469 g/mol. The Morgan fingerprint density at radius 3 is 2.61 bits per heavy atom. The summed E-state index contributed by atoms with van der Waals surface area (Å²) >= 11 is 2.80. The monoisotopic (exact) mass is 488 g/mol. The molecule has 0 saturated carbocycles. The minimum atomic E-state index is -4.47. The fourth-order valence-electron chi connectivity index (χ4n) is 3.36. The molecule has 10 heteroatoms. The summed E-state index contributed by atoms with van der Waals surface area (Å²) in [6, 6.07) is 14.6. The van der Waals surface area contributed by atoms with Crippen molar-refractivity contribution in [3.8, 4) is 22.5 Å². The van der Waals surface area contributed by atoms with E-state index < -0.39 is 17.6 Å². The summed E-state index contributed by atoms with van der Waals surface area (Å²) in [5, 5.41) is 13.6. The van der Waals surface area contributed by atoms with Crippen LogP contribution in [0.1, 0.15) is 10.4 Å². The first-order valence-electron chi connectivity index (χ1n) is 9.87. The lowest BCUT2D eigenvalue weighted by atomic mass is 10.0. The Balaban J connectivity index is 1.47. The van der Waals surface area contributed by atoms with Gasteiger partial charge in [-0.25, -0.2) is 0 Å². The number of aromatic nitrogens is 3. The molecule has 0 fully saturated rings. The van der Waals surface area contributed by atoms with Crippen molar-refractivity contribution in [3.63, 3.8) is 0 Å². The molecule has 2 aromatic carbocycles. The fourth-order valence-corrected chi connectivity index (χ4v) is 4.93. The van der Waals surface area contributed by atoms with E-state index in [0.717, 1.165) is 33.7 Å². The van der Waals surface area contributed by atoms with E-state index in [2.05, 4.69) is 22.4 Å². The quantitative estimate of drug-likeness (QED) is 0.325. The van der Waals surface area contributed by atoms with Gasteiger partial charge in [-0.05, 0) is 30.7 Å². The van der Waals surface area contributed by atoms with E-state index in [1.54, 1.807) is 11.3 Å². The van der Waals surface area contributed by atoms with Crippen LogP contribution in [0.2, 0.25) is 0 Å². The molecular formula is C23H19F3N4OS2. The summed E-state index contributed by atoms with van der Waals surface area (Å²) in [6.45, 7) is 2.06. The standard InChI is InChI=1S/C23H19F3N4OS2/c1-14-20(15-7-4-3-5-8-15)18(12-32-14)21-28-29-22(30(21)2)33-13-19(31)27-17-10-6-9-16(11-17)23(24,25)26/h3-12H,13H2,1-2H3,(H,27,31). The number of anilines is 1. The zero-order valence-electron chi connectivity index (χ0n) is 17.7. The molecule has 2 aromatic heterocycles. The molecule has 0 aliphatic heterocycles. The molecule has 33 heavy (non-hydrogen) atoms. The summed E-state index contributed by atoms with van der Waals surface area (Å²) in [5.41, 5.74) is 2.42. The molecule has 0 radical (unpaired) electrons. The van der Waals surface area contributed by atoms with Gasteiger partial charge >= 0.3 is 6.18 Å². The number of thiophene rings is 1. The van der Waals surface area contributed by atoms with Gasteiger partial charge in [0, 0.05) is 34.1 Å². The maximum Gasteiger partial charge on any atom is 0.416 e. The highest BCUT2D eigenvalue weighted by Gasteiger charge is 2.30. The average molecular weight is 489 g/mol. The van der Waals surface area contributed by atoms with Crippen LogP contribution in [0.25, 0.3) is 22.5 Å². The van der Waals surface area contributed by atoms with Gasteiger partial charge in [0.1, 0.15) is 0 Å². The number of hydrogen-bond acceptors (Lipinski definition) is 5. The number of halogens is 3. The van der Waals surface area contributed by atoms with E-state index in [1.807, 2.05) is 47.3 Å². The number of rotatable bonds is 6. The van der Waals surface area contributed by atoms with E-state index in [0.29, 0.717) is 11.0 Å². The SMILES string of the molecule is Cc1scc(-c2nnc(SCC(=O)Nc3cccc(C(F)(F)F)c3)n2C)c1-c1ccccc1. The first-order chi connectivity index (χ1) is 15.7. The maximum atomic E-state index is 12.9. The Labute approximate surface area is 196 Å².